The van der Waals surface area contributed by atoms with Crippen LogP contribution >= 0.6 is 0 Å². The standard InChI is InChI=1S/C9H8F4O4/c1-3-6(14)16-8(11,5-10)9(12,13)17-7(15)4-2/h3-4H,1-2,5H2. The van der Waals surface area contributed by atoms with Gasteiger partial charge in [-0.25, -0.2) is 14.0 Å². The number of halogens is 4. The highest BCUT2D eigenvalue weighted by Crippen LogP contribution is 2.35. The molecule has 8 heteroatoms. The SMILES string of the molecule is C=CC(=O)OC(F)(F)C(F)(CF)OC(=O)C=C. The molecule has 0 aliphatic carbocycles. The summed E-state index contributed by atoms with van der Waals surface area (Å²) >= 11 is 0. The van der Waals surface area contributed by atoms with Crippen molar-refractivity contribution < 1.29 is 36.6 Å². The maximum absolute atomic E-state index is 13.3. The summed E-state index contributed by atoms with van der Waals surface area (Å²) in [6, 6.07) is 0. The Morgan fingerprint density at radius 2 is 1.47 bits per heavy atom. The van der Waals surface area contributed by atoms with Gasteiger partial charge in [0, 0.05) is 12.2 Å². The third-order valence-corrected chi connectivity index (χ3v) is 1.43. The van der Waals surface area contributed by atoms with Crippen molar-refractivity contribution in [2.75, 3.05) is 6.67 Å². The number of esters is 2. The number of alkyl halides is 4. The molecule has 0 aromatic heterocycles. The van der Waals surface area contributed by atoms with Crippen LogP contribution in [0.5, 0.6) is 0 Å². The summed E-state index contributed by atoms with van der Waals surface area (Å²) in [5.41, 5.74) is 0. The molecule has 0 N–H and O–H groups in total. The molecule has 0 bridgehead atoms. The molecule has 0 aromatic rings. The number of rotatable bonds is 6. The minimum atomic E-state index is -4.99. The van der Waals surface area contributed by atoms with E-state index in [1.165, 1.54) is 0 Å². The Morgan fingerprint density at radius 1 is 1.06 bits per heavy atom. The Balaban J connectivity index is 5.04. The van der Waals surface area contributed by atoms with Crippen LogP contribution in [0.4, 0.5) is 17.6 Å². The first-order valence-electron chi connectivity index (χ1n) is 4.06. The summed E-state index contributed by atoms with van der Waals surface area (Å²) in [7, 11) is 0. The average Bonchev–Trinajstić information content (AvgIpc) is 2.27. The van der Waals surface area contributed by atoms with Crippen molar-refractivity contribution in [3.63, 3.8) is 0 Å². The molecule has 1 unspecified atom stereocenters. The van der Waals surface area contributed by atoms with Crippen LogP contribution in [0.2, 0.25) is 0 Å². The summed E-state index contributed by atoms with van der Waals surface area (Å²) < 4.78 is 58.2. The van der Waals surface area contributed by atoms with Crippen LogP contribution in [0.15, 0.2) is 25.3 Å². The smallest absolute Gasteiger partial charge is 0.413 e. The van der Waals surface area contributed by atoms with Crippen molar-refractivity contribution in [2.24, 2.45) is 0 Å². The molecule has 0 amide bonds. The van der Waals surface area contributed by atoms with E-state index in [4.69, 9.17) is 0 Å². The van der Waals surface area contributed by atoms with E-state index in [-0.39, 0.29) is 0 Å². The lowest BCUT2D eigenvalue weighted by molar-refractivity contribution is -0.357. The van der Waals surface area contributed by atoms with E-state index >= 15 is 0 Å². The van der Waals surface area contributed by atoms with E-state index in [1.807, 2.05) is 0 Å². The molecule has 17 heavy (non-hydrogen) atoms. The zero-order chi connectivity index (χ0) is 13.7. The highest BCUT2D eigenvalue weighted by atomic mass is 19.3. The van der Waals surface area contributed by atoms with Gasteiger partial charge in [-0.05, 0) is 0 Å². The van der Waals surface area contributed by atoms with Gasteiger partial charge in [-0.1, -0.05) is 13.2 Å². The summed E-state index contributed by atoms with van der Waals surface area (Å²) in [4.78, 5) is 21.0. The van der Waals surface area contributed by atoms with Gasteiger partial charge < -0.3 is 9.47 Å². The highest BCUT2D eigenvalue weighted by molar-refractivity contribution is 5.82. The topological polar surface area (TPSA) is 52.6 Å². The molecule has 0 aliphatic heterocycles. The van der Waals surface area contributed by atoms with Crippen molar-refractivity contribution in [3.8, 4) is 0 Å². The first-order chi connectivity index (χ1) is 7.72. The van der Waals surface area contributed by atoms with Gasteiger partial charge in [-0.15, -0.1) is 0 Å². The second kappa shape index (κ2) is 5.46. The Bertz CT molecular complexity index is 342. The van der Waals surface area contributed by atoms with Crippen molar-refractivity contribution >= 4 is 11.9 Å². The van der Waals surface area contributed by atoms with Crippen molar-refractivity contribution in [3.05, 3.63) is 25.3 Å². The van der Waals surface area contributed by atoms with Gasteiger partial charge in [0.05, 0.1) is 0 Å². The molecule has 0 saturated carbocycles. The molecular weight excluding hydrogens is 248 g/mol. The first-order valence-corrected chi connectivity index (χ1v) is 4.06. The Kier molecular flexibility index (Phi) is 4.87. The van der Waals surface area contributed by atoms with Gasteiger partial charge in [0.2, 0.25) is 0 Å². The maximum Gasteiger partial charge on any atom is 0.476 e. The second-order valence-corrected chi connectivity index (χ2v) is 2.63. The normalized spacial score (nSPS) is 14.4. The van der Waals surface area contributed by atoms with Crippen molar-refractivity contribution in [1.29, 1.82) is 0 Å². The quantitative estimate of drug-likeness (QED) is 0.412. The largest absolute Gasteiger partial charge is 0.476 e. The maximum atomic E-state index is 13.3. The molecule has 4 nitrogen and oxygen atoms in total. The minimum absolute atomic E-state index is 0.307. The van der Waals surface area contributed by atoms with E-state index in [2.05, 4.69) is 22.6 Å². The second-order valence-electron chi connectivity index (χ2n) is 2.63. The zero-order valence-corrected chi connectivity index (χ0v) is 8.42. The molecule has 0 aliphatic rings. The van der Waals surface area contributed by atoms with E-state index in [0.29, 0.717) is 12.2 Å². The number of carbonyl (C=O) groups excluding carboxylic acids is 2. The van der Waals surface area contributed by atoms with Crippen LogP contribution in [-0.2, 0) is 19.1 Å². The van der Waals surface area contributed by atoms with Gasteiger partial charge in [-0.3, -0.25) is 0 Å². The fraction of sp³-hybridized carbons (Fsp3) is 0.333. The van der Waals surface area contributed by atoms with Gasteiger partial charge in [0.1, 0.15) is 0 Å². The van der Waals surface area contributed by atoms with Crippen LogP contribution in [0, 0.1) is 0 Å². The molecule has 1 atom stereocenters. The molecule has 0 aromatic carbocycles. The van der Waals surface area contributed by atoms with E-state index < -0.39 is 30.6 Å². The highest BCUT2D eigenvalue weighted by Gasteiger charge is 2.62. The number of ether oxygens (including phenoxy) is 2. The lowest BCUT2D eigenvalue weighted by atomic mass is 10.3. The van der Waals surface area contributed by atoms with Crippen LogP contribution in [0.1, 0.15) is 0 Å². The monoisotopic (exact) mass is 256 g/mol. The fourth-order valence-corrected chi connectivity index (χ4v) is 0.610. The minimum Gasteiger partial charge on any atom is -0.413 e. The van der Waals surface area contributed by atoms with Gasteiger partial charge in [-0.2, -0.15) is 13.2 Å². The molecule has 0 rings (SSSR count). The van der Waals surface area contributed by atoms with E-state index in [0.717, 1.165) is 0 Å². The zero-order valence-electron chi connectivity index (χ0n) is 8.42. The Labute approximate surface area is 93.5 Å². The lowest BCUT2D eigenvalue weighted by Gasteiger charge is -2.28. The molecule has 96 valence electrons. The molecule has 0 saturated heterocycles. The summed E-state index contributed by atoms with van der Waals surface area (Å²) in [5.74, 6) is -7.77. The lowest BCUT2D eigenvalue weighted by Crippen LogP contribution is -2.52. The van der Waals surface area contributed by atoms with E-state index in [1.54, 1.807) is 0 Å². The van der Waals surface area contributed by atoms with Gasteiger partial charge >= 0.3 is 23.9 Å². The third kappa shape index (κ3) is 3.58. The Hall–Kier alpha value is -1.86. The number of hydrogen-bond acceptors (Lipinski definition) is 4. The van der Waals surface area contributed by atoms with Crippen LogP contribution in [-0.4, -0.2) is 30.6 Å². The van der Waals surface area contributed by atoms with Crippen LogP contribution in [0.25, 0.3) is 0 Å². The summed E-state index contributed by atoms with van der Waals surface area (Å²) in [6.07, 6.45) is -4.34. The first kappa shape index (κ1) is 15.1. The molecular formula is C9H8F4O4. The molecule has 0 heterocycles. The third-order valence-electron chi connectivity index (χ3n) is 1.43. The summed E-state index contributed by atoms with van der Waals surface area (Å²) in [5, 5.41) is 0. The summed E-state index contributed by atoms with van der Waals surface area (Å²) in [6.45, 7) is 3.17. The Morgan fingerprint density at radius 3 is 1.82 bits per heavy atom. The van der Waals surface area contributed by atoms with Gasteiger partial charge in [0.25, 0.3) is 0 Å². The molecule has 0 spiro atoms. The van der Waals surface area contributed by atoms with Crippen molar-refractivity contribution in [1.82, 2.24) is 0 Å². The molecule has 0 radical (unpaired) electrons. The molecule has 0 fully saturated rings. The predicted octanol–water partition coefficient (Wildman–Crippen LogP) is 1.67. The van der Waals surface area contributed by atoms with Crippen molar-refractivity contribution in [2.45, 2.75) is 12.0 Å². The number of hydrogen-bond donors (Lipinski definition) is 0. The number of carbonyl (C=O) groups is 2. The average molecular weight is 256 g/mol. The van der Waals surface area contributed by atoms with Gasteiger partial charge in [0.15, 0.2) is 6.67 Å². The van der Waals surface area contributed by atoms with Crippen LogP contribution < -0.4 is 0 Å². The van der Waals surface area contributed by atoms with E-state index in [9.17, 15) is 27.2 Å². The van der Waals surface area contributed by atoms with Crippen LogP contribution in [0.3, 0.4) is 0 Å². The fourth-order valence-electron chi connectivity index (χ4n) is 0.610. The predicted molar refractivity (Wildman–Crippen MR) is 47.3 cm³/mol.